The Balaban J connectivity index is 3.19. The van der Waals surface area contributed by atoms with Crippen LogP contribution in [0.5, 0.6) is 0 Å². The van der Waals surface area contributed by atoms with Gasteiger partial charge < -0.3 is 4.74 Å². The number of hydrogen-bond donors (Lipinski definition) is 0. The van der Waals surface area contributed by atoms with Crippen molar-refractivity contribution < 1.29 is 14.3 Å². The second-order valence-electron chi connectivity index (χ2n) is 1.96. The Morgan fingerprint density at radius 1 is 1.50 bits per heavy atom. The summed E-state index contributed by atoms with van der Waals surface area (Å²) in [5, 5.41) is -0.385. The van der Waals surface area contributed by atoms with E-state index in [2.05, 4.69) is 4.74 Å². The van der Waals surface area contributed by atoms with Gasteiger partial charge in [-0.2, -0.15) is 11.8 Å². The van der Waals surface area contributed by atoms with Gasteiger partial charge in [-0.3, -0.25) is 9.59 Å². The molecule has 0 N–H and O–H groups in total. The zero-order valence-corrected chi connectivity index (χ0v) is 8.41. The first kappa shape index (κ1) is 11.8. The molecule has 0 saturated heterocycles. The fourth-order valence-electron chi connectivity index (χ4n) is 0.541. The molecule has 0 bridgehead atoms. The molecule has 0 fully saturated rings. The highest BCUT2D eigenvalue weighted by atomic mass is 35.5. The summed E-state index contributed by atoms with van der Waals surface area (Å²) in [5.41, 5.74) is 0. The largest absolute Gasteiger partial charge is 0.466 e. The van der Waals surface area contributed by atoms with Gasteiger partial charge in [0.15, 0.2) is 0 Å². The van der Waals surface area contributed by atoms with E-state index >= 15 is 0 Å². The summed E-state index contributed by atoms with van der Waals surface area (Å²) in [6.45, 7) is 2.16. The van der Waals surface area contributed by atoms with Crippen LogP contribution in [0, 0.1) is 0 Å². The average molecular weight is 211 g/mol. The Labute approximate surface area is 80.8 Å². The lowest BCUT2D eigenvalue weighted by Crippen LogP contribution is -2.05. The van der Waals surface area contributed by atoms with Gasteiger partial charge in [0, 0.05) is 5.75 Å². The van der Waals surface area contributed by atoms with Crippen molar-refractivity contribution in [2.75, 3.05) is 18.1 Å². The summed E-state index contributed by atoms with van der Waals surface area (Å²) in [5.74, 6) is 0.602. The molecule has 0 spiro atoms. The first-order valence-corrected chi connectivity index (χ1v) is 5.11. The molecule has 0 aliphatic heterocycles. The molecule has 70 valence electrons. The molecule has 0 aromatic heterocycles. The molecule has 12 heavy (non-hydrogen) atoms. The molecule has 0 aliphatic carbocycles. The van der Waals surface area contributed by atoms with Crippen molar-refractivity contribution in [1.82, 2.24) is 0 Å². The van der Waals surface area contributed by atoms with Gasteiger partial charge in [0.2, 0.25) is 5.24 Å². The van der Waals surface area contributed by atoms with Crippen LogP contribution in [-0.2, 0) is 14.3 Å². The molecule has 3 nitrogen and oxygen atoms in total. The maximum absolute atomic E-state index is 10.7. The van der Waals surface area contributed by atoms with E-state index in [9.17, 15) is 9.59 Å². The minimum atomic E-state index is -0.385. The van der Waals surface area contributed by atoms with Gasteiger partial charge in [0.25, 0.3) is 0 Å². The second kappa shape index (κ2) is 7.43. The van der Waals surface area contributed by atoms with Crippen LogP contribution >= 0.6 is 23.4 Å². The van der Waals surface area contributed by atoms with Crippen molar-refractivity contribution in [2.24, 2.45) is 0 Å². The number of esters is 1. The van der Waals surface area contributed by atoms with Gasteiger partial charge in [-0.1, -0.05) is 0 Å². The predicted molar refractivity (Wildman–Crippen MR) is 49.4 cm³/mol. The molecule has 0 radical (unpaired) electrons. The Kier molecular flexibility index (Phi) is 7.29. The van der Waals surface area contributed by atoms with Crippen LogP contribution in [0.4, 0.5) is 0 Å². The number of carbonyl (C=O) groups is 2. The summed E-state index contributed by atoms with van der Waals surface area (Å²) < 4.78 is 4.68. The Morgan fingerprint density at radius 3 is 2.67 bits per heavy atom. The molecule has 0 rings (SSSR count). The monoisotopic (exact) mass is 210 g/mol. The van der Waals surface area contributed by atoms with E-state index in [-0.39, 0.29) is 17.0 Å². The van der Waals surface area contributed by atoms with Gasteiger partial charge in [-0.15, -0.1) is 0 Å². The molecule has 0 aromatic carbocycles. The van der Waals surface area contributed by atoms with Gasteiger partial charge in [0.05, 0.1) is 18.8 Å². The lowest BCUT2D eigenvalue weighted by Gasteiger charge is -1.99. The van der Waals surface area contributed by atoms with E-state index in [0.29, 0.717) is 18.8 Å². The Bertz CT molecular complexity index is 161. The van der Waals surface area contributed by atoms with Crippen LogP contribution in [0.3, 0.4) is 0 Å². The summed E-state index contributed by atoms with van der Waals surface area (Å²) in [4.78, 5) is 21.0. The average Bonchev–Trinajstić information content (AvgIpc) is 1.98. The number of hydrogen-bond acceptors (Lipinski definition) is 4. The molecule has 0 saturated carbocycles. The molecular weight excluding hydrogens is 200 g/mol. The summed E-state index contributed by atoms with van der Waals surface area (Å²) >= 11 is 6.41. The number of rotatable bonds is 6. The summed E-state index contributed by atoms with van der Waals surface area (Å²) in [7, 11) is 0. The van der Waals surface area contributed by atoms with Crippen molar-refractivity contribution in [3.63, 3.8) is 0 Å². The highest BCUT2D eigenvalue weighted by Crippen LogP contribution is 2.04. The lowest BCUT2D eigenvalue weighted by molar-refractivity contribution is -0.142. The van der Waals surface area contributed by atoms with Crippen LogP contribution in [-0.4, -0.2) is 29.3 Å². The third-order valence-corrected chi connectivity index (χ3v) is 2.22. The number of thioether (sulfide) groups is 1. The van der Waals surface area contributed by atoms with Gasteiger partial charge >= 0.3 is 5.97 Å². The lowest BCUT2D eigenvalue weighted by atomic mass is 10.5. The maximum Gasteiger partial charge on any atom is 0.306 e. The van der Waals surface area contributed by atoms with E-state index in [1.807, 2.05) is 0 Å². The molecule has 0 amide bonds. The van der Waals surface area contributed by atoms with Crippen LogP contribution in [0.2, 0.25) is 0 Å². The van der Waals surface area contributed by atoms with Crippen molar-refractivity contribution >= 4 is 34.6 Å². The minimum absolute atomic E-state index is 0.230. The van der Waals surface area contributed by atoms with E-state index in [0.717, 1.165) is 0 Å². The van der Waals surface area contributed by atoms with Crippen LogP contribution in [0.1, 0.15) is 13.3 Å². The molecule has 0 atom stereocenters. The zero-order chi connectivity index (χ0) is 9.40. The van der Waals surface area contributed by atoms with E-state index in [1.54, 1.807) is 6.92 Å². The fourth-order valence-corrected chi connectivity index (χ4v) is 1.39. The Morgan fingerprint density at radius 2 is 2.17 bits per heavy atom. The van der Waals surface area contributed by atoms with E-state index < -0.39 is 0 Å². The van der Waals surface area contributed by atoms with Crippen molar-refractivity contribution in [3.05, 3.63) is 0 Å². The van der Waals surface area contributed by atoms with Gasteiger partial charge in [0.1, 0.15) is 0 Å². The van der Waals surface area contributed by atoms with Crippen molar-refractivity contribution in [1.29, 1.82) is 0 Å². The summed E-state index contributed by atoms with van der Waals surface area (Å²) in [6, 6.07) is 0. The first-order chi connectivity index (χ1) is 5.66. The van der Waals surface area contributed by atoms with E-state index in [1.165, 1.54) is 11.8 Å². The third kappa shape index (κ3) is 7.88. The molecule has 0 aliphatic rings. The topological polar surface area (TPSA) is 43.4 Å². The highest BCUT2D eigenvalue weighted by molar-refractivity contribution is 8.00. The fraction of sp³-hybridized carbons (Fsp3) is 0.714. The van der Waals surface area contributed by atoms with E-state index in [4.69, 9.17) is 11.6 Å². The van der Waals surface area contributed by atoms with Crippen LogP contribution in [0.15, 0.2) is 0 Å². The number of carbonyl (C=O) groups excluding carboxylic acids is 2. The quantitative estimate of drug-likeness (QED) is 0.378. The van der Waals surface area contributed by atoms with Crippen LogP contribution < -0.4 is 0 Å². The summed E-state index contributed by atoms with van der Waals surface area (Å²) in [6.07, 6.45) is 0.336. The molecule has 0 aromatic rings. The normalized spacial score (nSPS) is 9.50. The van der Waals surface area contributed by atoms with Crippen LogP contribution in [0.25, 0.3) is 0 Å². The molecular formula is C7H11ClO3S. The number of ether oxygens (including phenoxy) is 1. The Hall–Kier alpha value is -0.220. The molecule has 0 heterocycles. The third-order valence-electron chi connectivity index (χ3n) is 0.971. The molecule has 5 heteroatoms. The van der Waals surface area contributed by atoms with Crippen molar-refractivity contribution in [3.8, 4) is 0 Å². The minimum Gasteiger partial charge on any atom is -0.466 e. The highest BCUT2D eigenvalue weighted by Gasteiger charge is 2.02. The van der Waals surface area contributed by atoms with Gasteiger partial charge in [-0.25, -0.2) is 0 Å². The maximum atomic E-state index is 10.7. The number of halogens is 1. The molecule has 0 unspecified atom stereocenters. The van der Waals surface area contributed by atoms with Gasteiger partial charge in [-0.05, 0) is 18.5 Å². The SMILES string of the molecule is CCOC(=O)CCSCC(=O)Cl. The standard InChI is InChI=1S/C7H11ClO3S/c1-2-11-7(10)3-4-12-5-6(8)9/h2-5H2,1H3. The van der Waals surface area contributed by atoms with Crippen molar-refractivity contribution in [2.45, 2.75) is 13.3 Å². The second-order valence-corrected chi connectivity index (χ2v) is 3.49. The zero-order valence-electron chi connectivity index (χ0n) is 6.84. The predicted octanol–water partition coefficient (Wildman–Crippen LogP) is 1.44. The first-order valence-electron chi connectivity index (χ1n) is 3.58. The smallest absolute Gasteiger partial charge is 0.306 e.